The molecule has 2 fully saturated rings. The molecule has 0 radical (unpaired) electrons. The van der Waals surface area contributed by atoms with Crippen molar-refractivity contribution in [2.75, 3.05) is 13.1 Å². The molecule has 5 rings (SSSR count). The molecule has 1 aliphatic heterocycles. The topological polar surface area (TPSA) is 63.1 Å². The first kappa shape index (κ1) is 17.7. The predicted octanol–water partition coefficient (Wildman–Crippen LogP) is 4.45. The number of urea groups is 1. The molecule has 1 atom stereocenters. The number of hydrogen-bond donors (Lipinski definition) is 1. The lowest BCUT2D eigenvalue weighted by Crippen LogP contribution is -2.44. The van der Waals surface area contributed by atoms with Gasteiger partial charge < -0.3 is 14.8 Å². The summed E-state index contributed by atoms with van der Waals surface area (Å²) >= 11 is 1.69. The van der Waals surface area contributed by atoms with Crippen LogP contribution in [0, 0.1) is 0 Å². The SMILES string of the molecule is O=C(NC1CCCCC1)N1CCC(n2c(-c3cccs3)nc3cccnc32)C1. The number of hydrogen-bond acceptors (Lipinski definition) is 4. The minimum Gasteiger partial charge on any atom is -0.335 e. The molecule has 3 aromatic heterocycles. The number of likely N-dealkylation sites (tertiary alicyclic amines) is 1. The van der Waals surface area contributed by atoms with Crippen LogP contribution in [0.5, 0.6) is 0 Å². The minimum atomic E-state index is 0.0875. The Hall–Kier alpha value is -2.41. The zero-order chi connectivity index (χ0) is 18.9. The number of nitrogens with one attached hydrogen (secondary N) is 1. The molecule has 1 unspecified atom stereocenters. The molecule has 7 heteroatoms. The molecule has 2 aliphatic rings. The van der Waals surface area contributed by atoms with E-state index in [2.05, 4.69) is 32.4 Å². The molecule has 6 nitrogen and oxygen atoms in total. The first-order chi connectivity index (χ1) is 13.8. The monoisotopic (exact) mass is 395 g/mol. The average Bonchev–Trinajstić information content (AvgIpc) is 3.46. The van der Waals surface area contributed by atoms with Crippen molar-refractivity contribution < 1.29 is 4.79 Å². The van der Waals surface area contributed by atoms with Gasteiger partial charge in [-0.2, -0.15) is 0 Å². The molecular formula is C21H25N5OS. The number of rotatable bonds is 3. The summed E-state index contributed by atoms with van der Waals surface area (Å²) in [4.78, 5) is 25.3. The summed E-state index contributed by atoms with van der Waals surface area (Å²) in [5.41, 5.74) is 1.82. The largest absolute Gasteiger partial charge is 0.335 e. The van der Waals surface area contributed by atoms with Gasteiger partial charge in [0.1, 0.15) is 5.52 Å². The Bertz CT molecular complexity index is 961. The van der Waals surface area contributed by atoms with Gasteiger partial charge in [-0.15, -0.1) is 11.3 Å². The number of amides is 2. The van der Waals surface area contributed by atoms with E-state index in [1.165, 1.54) is 19.3 Å². The van der Waals surface area contributed by atoms with Crippen LogP contribution in [0.3, 0.4) is 0 Å². The molecule has 4 heterocycles. The van der Waals surface area contributed by atoms with Crippen molar-refractivity contribution in [2.45, 2.75) is 50.6 Å². The van der Waals surface area contributed by atoms with Gasteiger partial charge in [0.15, 0.2) is 11.5 Å². The van der Waals surface area contributed by atoms with Gasteiger partial charge in [-0.05, 0) is 42.8 Å². The van der Waals surface area contributed by atoms with Crippen molar-refractivity contribution in [1.29, 1.82) is 0 Å². The van der Waals surface area contributed by atoms with Gasteiger partial charge in [-0.25, -0.2) is 14.8 Å². The maximum Gasteiger partial charge on any atom is 0.317 e. The highest BCUT2D eigenvalue weighted by atomic mass is 32.1. The Labute approximate surface area is 168 Å². The molecule has 0 spiro atoms. The maximum atomic E-state index is 12.8. The zero-order valence-corrected chi connectivity index (χ0v) is 16.7. The first-order valence-electron chi connectivity index (χ1n) is 10.2. The quantitative estimate of drug-likeness (QED) is 0.713. The number of pyridine rings is 1. The Morgan fingerprint density at radius 2 is 2.04 bits per heavy atom. The van der Waals surface area contributed by atoms with Crippen molar-refractivity contribution in [1.82, 2.24) is 24.8 Å². The summed E-state index contributed by atoms with van der Waals surface area (Å²) in [6.45, 7) is 1.48. The van der Waals surface area contributed by atoms with E-state index >= 15 is 0 Å². The standard InChI is InChI=1S/C21H25N5OS/c27-21(23-15-6-2-1-3-7-15)25-12-10-16(14-25)26-19-17(8-4-11-22-19)24-20(26)18-9-5-13-28-18/h4-5,8-9,11,13,15-16H,1-3,6-7,10,12,14H2,(H,23,27). The third-order valence-corrected chi connectivity index (χ3v) is 6.80. The van der Waals surface area contributed by atoms with E-state index in [0.29, 0.717) is 12.6 Å². The molecule has 0 bridgehead atoms. The fourth-order valence-electron chi connectivity index (χ4n) is 4.50. The molecule has 1 saturated carbocycles. The molecular weight excluding hydrogens is 370 g/mol. The van der Waals surface area contributed by atoms with Crippen LogP contribution >= 0.6 is 11.3 Å². The lowest BCUT2D eigenvalue weighted by molar-refractivity contribution is 0.199. The van der Waals surface area contributed by atoms with Crippen LogP contribution in [0.25, 0.3) is 21.9 Å². The highest BCUT2D eigenvalue weighted by molar-refractivity contribution is 7.13. The number of fused-ring (bicyclic) bond motifs is 1. The Kier molecular flexibility index (Phi) is 4.76. The summed E-state index contributed by atoms with van der Waals surface area (Å²) in [5, 5.41) is 5.33. The van der Waals surface area contributed by atoms with Gasteiger partial charge in [0.25, 0.3) is 0 Å². The van der Waals surface area contributed by atoms with Crippen molar-refractivity contribution in [3.63, 3.8) is 0 Å². The smallest absolute Gasteiger partial charge is 0.317 e. The van der Waals surface area contributed by atoms with Crippen LogP contribution < -0.4 is 5.32 Å². The summed E-state index contributed by atoms with van der Waals surface area (Å²) < 4.78 is 2.25. The second-order valence-electron chi connectivity index (χ2n) is 7.80. The molecule has 3 aromatic rings. The van der Waals surface area contributed by atoms with E-state index in [1.54, 1.807) is 11.3 Å². The van der Waals surface area contributed by atoms with Gasteiger partial charge in [-0.1, -0.05) is 25.3 Å². The number of aromatic nitrogens is 3. The van der Waals surface area contributed by atoms with Gasteiger partial charge in [-0.3, -0.25) is 0 Å². The highest BCUT2D eigenvalue weighted by Gasteiger charge is 2.31. The molecule has 146 valence electrons. The second-order valence-corrected chi connectivity index (χ2v) is 8.75. The van der Waals surface area contributed by atoms with Gasteiger partial charge in [0.05, 0.1) is 10.9 Å². The number of imidazole rings is 1. The van der Waals surface area contributed by atoms with E-state index < -0.39 is 0 Å². The number of nitrogens with zero attached hydrogens (tertiary/aromatic N) is 4. The molecule has 1 aliphatic carbocycles. The van der Waals surface area contributed by atoms with E-state index in [9.17, 15) is 4.79 Å². The summed E-state index contributed by atoms with van der Waals surface area (Å²) in [5.74, 6) is 0.961. The fourth-order valence-corrected chi connectivity index (χ4v) is 5.22. The lowest BCUT2D eigenvalue weighted by atomic mass is 9.96. The van der Waals surface area contributed by atoms with Gasteiger partial charge in [0.2, 0.25) is 0 Å². The van der Waals surface area contributed by atoms with Crippen LogP contribution in [0.1, 0.15) is 44.6 Å². The van der Waals surface area contributed by atoms with Gasteiger partial charge >= 0.3 is 6.03 Å². The third kappa shape index (κ3) is 3.28. The fraction of sp³-hybridized carbons (Fsp3) is 0.476. The summed E-state index contributed by atoms with van der Waals surface area (Å²) in [7, 11) is 0. The van der Waals surface area contributed by atoms with Gasteiger partial charge in [0, 0.05) is 25.3 Å². The number of carbonyl (C=O) groups is 1. The molecule has 1 N–H and O–H groups in total. The second kappa shape index (κ2) is 7.54. The molecule has 1 saturated heterocycles. The van der Waals surface area contributed by atoms with E-state index in [-0.39, 0.29) is 12.1 Å². The minimum absolute atomic E-state index is 0.0875. The van der Waals surface area contributed by atoms with Crippen molar-refractivity contribution in [3.05, 3.63) is 35.8 Å². The van der Waals surface area contributed by atoms with Crippen LogP contribution in [-0.4, -0.2) is 44.6 Å². The normalized spacial score (nSPS) is 20.7. The number of carbonyl (C=O) groups excluding carboxylic acids is 1. The molecule has 2 amide bonds. The predicted molar refractivity (Wildman–Crippen MR) is 111 cm³/mol. The van der Waals surface area contributed by atoms with Crippen LogP contribution in [-0.2, 0) is 0 Å². The van der Waals surface area contributed by atoms with Crippen molar-refractivity contribution in [2.24, 2.45) is 0 Å². The molecule has 28 heavy (non-hydrogen) atoms. The molecule has 0 aromatic carbocycles. The Balaban J connectivity index is 1.39. The van der Waals surface area contributed by atoms with Crippen LogP contribution in [0.2, 0.25) is 0 Å². The Morgan fingerprint density at radius 1 is 1.14 bits per heavy atom. The average molecular weight is 396 g/mol. The van der Waals surface area contributed by atoms with Crippen LogP contribution in [0.4, 0.5) is 4.79 Å². The zero-order valence-electron chi connectivity index (χ0n) is 15.9. The highest BCUT2D eigenvalue weighted by Crippen LogP contribution is 2.34. The van der Waals surface area contributed by atoms with E-state index in [1.807, 2.05) is 23.2 Å². The Morgan fingerprint density at radius 3 is 2.86 bits per heavy atom. The number of thiophene rings is 1. The third-order valence-electron chi connectivity index (χ3n) is 5.94. The maximum absolute atomic E-state index is 12.8. The van der Waals surface area contributed by atoms with Crippen molar-refractivity contribution in [3.8, 4) is 10.7 Å². The van der Waals surface area contributed by atoms with Crippen LogP contribution in [0.15, 0.2) is 35.8 Å². The first-order valence-corrected chi connectivity index (χ1v) is 11.1. The van der Waals surface area contributed by atoms with E-state index in [0.717, 1.165) is 47.7 Å². The van der Waals surface area contributed by atoms with E-state index in [4.69, 9.17) is 4.98 Å². The summed E-state index contributed by atoms with van der Waals surface area (Å²) in [6.07, 6.45) is 8.72. The summed E-state index contributed by atoms with van der Waals surface area (Å²) in [6, 6.07) is 8.73. The van der Waals surface area contributed by atoms with Crippen molar-refractivity contribution >= 4 is 28.5 Å². The lowest BCUT2D eigenvalue weighted by Gasteiger charge is -2.26.